The van der Waals surface area contributed by atoms with Crippen LogP contribution in [0.5, 0.6) is 0 Å². The Bertz CT molecular complexity index is 1160. The second kappa shape index (κ2) is 8.46. The maximum Gasteiger partial charge on any atom is 0.256 e. The van der Waals surface area contributed by atoms with Crippen LogP contribution in [0.2, 0.25) is 0 Å². The van der Waals surface area contributed by atoms with Gasteiger partial charge < -0.3 is 10.0 Å². The van der Waals surface area contributed by atoms with E-state index in [1.807, 2.05) is 35.4 Å². The summed E-state index contributed by atoms with van der Waals surface area (Å²) in [7, 11) is 0. The van der Waals surface area contributed by atoms with Gasteiger partial charge >= 0.3 is 0 Å². The molecule has 1 amide bonds. The lowest BCUT2D eigenvalue weighted by Crippen LogP contribution is -2.46. The molecule has 2 heterocycles. The van der Waals surface area contributed by atoms with Gasteiger partial charge in [0.15, 0.2) is 0 Å². The lowest BCUT2D eigenvalue weighted by molar-refractivity contribution is 0.0704. The number of hydrogen-bond donors (Lipinski definition) is 1. The van der Waals surface area contributed by atoms with Crippen molar-refractivity contribution in [2.45, 2.75) is 18.3 Å². The van der Waals surface area contributed by atoms with Crippen molar-refractivity contribution in [3.63, 3.8) is 0 Å². The van der Waals surface area contributed by atoms with Crippen molar-refractivity contribution < 1.29 is 14.3 Å². The van der Waals surface area contributed by atoms with E-state index in [9.17, 15) is 14.3 Å². The van der Waals surface area contributed by atoms with Gasteiger partial charge in [-0.25, -0.2) is 8.70 Å². The third-order valence-corrected chi connectivity index (χ3v) is 7.67. The smallest absolute Gasteiger partial charge is 0.256 e. The molecule has 3 aromatic rings. The molecule has 1 aromatic heterocycles. The van der Waals surface area contributed by atoms with E-state index in [0.717, 1.165) is 37.1 Å². The van der Waals surface area contributed by atoms with Crippen molar-refractivity contribution in [2.24, 2.45) is 0 Å². The zero-order chi connectivity index (χ0) is 22.3. The average Bonchev–Trinajstić information content (AvgIpc) is 3.64. The van der Waals surface area contributed by atoms with E-state index in [4.69, 9.17) is 0 Å². The largest absolute Gasteiger partial charge is 0.395 e. The fourth-order valence-corrected chi connectivity index (χ4v) is 5.09. The van der Waals surface area contributed by atoms with E-state index >= 15 is 0 Å². The van der Waals surface area contributed by atoms with E-state index in [2.05, 4.69) is 9.29 Å². The van der Waals surface area contributed by atoms with Crippen LogP contribution < -0.4 is 0 Å². The van der Waals surface area contributed by atoms with Gasteiger partial charge in [0, 0.05) is 48.7 Å². The molecule has 1 saturated heterocycles. The molecule has 2 aromatic carbocycles. The number of aliphatic hydroxyl groups is 1. The molecule has 1 aliphatic heterocycles. The van der Waals surface area contributed by atoms with Crippen LogP contribution in [0.25, 0.3) is 22.0 Å². The molecule has 0 unspecified atom stereocenters. The minimum atomic E-state index is -0.354. The topological polar surface area (TPSA) is 56.7 Å². The van der Waals surface area contributed by atoms with Crippen LogP contribution in [0.4, 0.5) is 4.39 Å². The van der Waals surface area contributed by atoms with Crippen molar-refractivity contribution in [1.29, 1.82) is 0 Å². The van der Waals surface area contributed by atoms with Gasteiger partial charge in [0.1, 0.15) is 5.82 Å². The van der Waals surface area contributed by atoms with Crippen LogP contribution in [0, 0.1) is 5.82 Å². The number of nitrogens with zero attached hydrogens (tertiary/aromatic N) is 3. The third kappa shape index (κ3) is 3.78. The number of hydrogen-bond acceptors (Lipinski definition) is 5. The Morgan fingerprint density at radius 2 is 1.84 bits per heavy atom. The molecule has 0 atom stereocenters. The number of aromatic nitrogens is 1. The predicted molar refractivity (Wildman–Crippen MR) is 126 cm³/mol. The molecule has 0 radical (unpaired) electrons. The molecule has 1 aliphatic carbocycles. The van der Waals surface area contributed by atoms with Crippen molar-refractivity contribution in [1.82, 2.24) is 14.2 Å². The van der Waals surface area contributed by atoms with Gasteiger partial charge in [-0.2, -0.15) is 0 Å². The number of benzene rings is 2. The monoisotopic (exact) mass is 451 g/mol. The summed E-state index contributed by atoms with van der Waals surface area (Å²) < 4.78 is 16.5. The Kier molecular flexibility index (Phi) is 5.65. The van der Waals surface area contributed by atoms with E-state index in [1.165, 1.54) is 12.1 Å². The number of amides is 1. The quantitative estimate of drug-likeness (QED) is 0.592. The van der Waals surface area contributed by atoms with E-state index < -0.39 is 0 Å². The normalized spacial score (nSPS) is 18.2. The van der Waals surface area contributed by atoms with E-state index in [0.29, 0.717) is 35.1 Å². The second-order valence-electron chi connectivity index (χ2n) is 8.63. The molecular weight excluding hydrogens is 425 g/mol. The van der Waals surface area contributed by atoms with Crippen LogP contribution in [-0.2, 0) is 5.41 Å². The molecule has 1 saturated carbocycles. The first-order valence-corrected chi connectivity index (χ1v) is 12.1. The lowest BCUT2D eigenvalue weighted by atomic mass is 9.91. The van der Waals surface area contributed by atoms with Gasteiger partial charge in [-0.3, -0.25) is 9.78 Å². The summed E-state index contributed by atoms with van der Waals surface area (Å²) in [4.78, 5) is 19.9. The minimum Gasteiger partial charge on any atom is -0.395 e. The Morgan fingerprint density at radius 3 is 2.47 bits per heavy atom. The maximum absolute atomic E-state index is 14.2. The van der Waals surface area contributed by atoms with Crippen molar-refractivity contribution in [2.75, 3.05) is 39.0 Å². The first-order chi connectivity index (χ1) is 15.5. The third-order valence-electron chi connectivity index (χ3n) is 6.79. The van der Waals surface area contributed by atoms with Crippen LogP contribution in [0.3, 0.4) is 0 Å². The molecule has 0 spiro atoms. The van der Waals surface area contributed by atoms with Crippen LogP contribution in [-0.4, -0.2) is 64.2 Å². The summed E-state index contributed by atoms with van der Waals surface area (Å²) in [6.45, 7) is 3.07. The highest BCUT2D eigenvalue weighted by molar-refractivity contribution is 7.96. The molecule has 32 heavy (non-hydrogen) atoms. The Hall–Kier alpha value is -2.48. The van der Waals surface area contributed by atoms with Crippen LogP contribution in [0.15, 0.2) is 48.7 Å². The Labute approximate surface area is 191 Å². The van der Waals surface area contributed by atoms with Crippen molar-refractivity contribution in [3.05, 3.63) is 65.6 Å². The second-order valence-corrected chi connectivity index (χ2v) is 9.51. The zero-order valence-electron chi connectivity index (χ0n) is 18.1. The molecular formula is C25H26FN3O2S. The first kappa shape index (κ1) is 21.4. The van der Waals surface area contributed by atoms with Gasteiger partial charge in [-0.1, -0.05) is 36.2 Å². The Morgan fingerprint density at radius 1 is 1.12 bits per heavy atom. The first-order valence-electron chi connectivity index (χ1n) is 10.9. The molecule has 2 aliphatic rings. The highest BCUT2D eigenvalue weighted by atomic mass is 32.2. The van der Waals surface area contributed by atoms with Crippen LogP contribution in [0.1, 0.15) is 28.8 Å². The van der Waals surface area contributed by atoms with E-state index in [1.54, 1.807) is 24.2 Å². The molecule has 5 rings (SSSR count). The van der Waals surface area contributed by atoms with E-state index in [-0.39, 0.29) is 23.7 Å². The van der Waals surface area contributed by atoms with Gasteiger partial charge in [0.2, 0.25) is 0 Å². The van der Waals surface area contributed by atoms with Gasteiger partial charge in [0.05, 0.1) is 17.7 Å². The SMILES string of the molecule is CSN1CCN(C(=O)c2cnc3ccc(F)cc3c2-c2ccc(C3(CO)CC3)cc2)CC1. The average molecular weight is 452 g/mol. The summed E-state index contributed by atoms with van der Waals surface area (Å²) in [5.74, 6) is -0.426. The molecule has 2 fully saturated rings. The van der Waals surface area contributed by atoms with Crippen LogP contribution >= 0.6 is 11.9 Å². The fraction of sp³-hybridized carbons (Fsp3) is 0.360. The van der Waals surface area contributed by atoms with Crippen molar-refractivity contribution in [3.8, 4) is 11.1 Å². The highest BCUT2D eigenvalue weighted by Gasteiger charge is 2.43. The van der Waals surface area contributed by atoms with Gasteiger partial charge in [-0.15, -0.1) is 0 Å². The molecule has 0 bridgehead atoms. The number of piperazine rings is 1. The number of halogens is 1. The number of aliphatic hydroxyl groups excluding tert-OH is 1. The number of pyridine rings is 1. The fourth-order valence-electron chi connectivity index (χ4n) is 4.56. The highest BCUT2D eigenvalue weighted by Crippen LogP contribution is 2.48. The number of carbonyl (C=O) groups is 1. The van der Waals surface area contributed by atoms with Gasteiger partial charge in [-0.05, 0) is 48.4 Å². The Balaban J connectivity index is 1.58. The maximum atomic E-state index is 14.2. The molecule has 7 heteroatoms. The standard InChI is InChI=1S/C25H26FN3O2S/c1-32-29-12-10-28(11-13-29)24(31)21-15-27-22-7-6-19(26)14-20(22)23(21)17-2-4-18(5-3-17)25(16-30)8-9-25/h2-7,14-15,30H,8-13,16H2,1H3. The van der Waals surface area contributed by atoms with Crippen molar-refractivity contribution >= 4 is 28.8 Å². The number of fused-ring (bicyclic) bond motifs is 1. The summed E-state index contributed by atoms with van der Waals surface area (Å²) in [6.07, 6.45) is 5.64. The number of rotatable bonds is 5. The van der Waals surface area contributed by atoms with Gasteiger partial charge in [0.25, 0.3) is 5.91 Å². The zero-order valence-corrected chi connectivity index (χ0v) is 18.9. The molecule has 166 valence electrons. The number of carbonyl (C=O) groups excluding carboxylic acids is 1. The summed E-state index contributed by atoms with van der Waals surface area (Å²) in [5.41, 5.74) is 3.70. The summed E-state index contributed by atoms with van der Waals surface area (Å²) >= 11 is 1.69. The molecule has 5 nitrogen and oxygen atoms in total. The molecule has 1 N–H and O–H groups in total. The summed E-state index contributed by atoms with van der Waals surface area (Å²) in [6, 6.07) is 12.5. The predicted octanol–water partition coefficient (Wildman–Crippen LogP) is 4.10. The lowest BCUT2D eigenvalue weighted by Gasteiger charge is -2.33. The summed E-state index contributed by atoms with van der Waals surface area (Å²) in [5, 5.41) is 10.4. The minimum absolute atomic E-state index is 0.0717.